The van der Waals surface area contributed by atoms with Crippen LogP contribution in [0.1, 0.15) is 11.1 Å². The summed E-state index contributed by atoms with van der Waals surface area (Å²) in [6, 6.07) is 19.6. The molecule has 3 aromatic rings. The first-order chi connectivity index (χ1) is 14.6. The molecule has 0 heterocycles. The van der Waals surface area contributed by atoms with E-state index in [1.807, 2.05) is 67.6 Å². The van der Waals surface area contributed by atoms with Gasteiger partial charge in [0.15, 0.2) is 5.11 Å². The average molecular weight is 607 g/mol. The van der Waals surface area contributed by atoms with E-state index in [4.69, 9.17) is 47.0 Å². The van der Waals surface area contributed by atoms with Gasteiger partial charge in [-0.25, -0.2) is 0 Å². The molecule has 162 valence electrons. The van der Waals surface area contributed by atoms with Gasteiger partial charge in [-0.1, -0.05) is 77.3 Å². The molecule has 0 aromatic heterocycles. The highest BCUT2D eigenvalue weighted by Gasteiger charge is 2.34. The number of carbonyl (C=O) groups excluding carboxylic acids is 1. The van der Waals surface area contributed by atoms with Gasteiger partial charge in [0, 0.05) is 9.26 Å². The first kappa shape index (κ1) is 24.3. The standard InChI is InChI=1S/C22H19Cl3IN3OS/c1-13-11-16(26)9-10-18(13)27-21(31)29-20(22(23,24)25)28-19(30)12-15-7-4-6-14-5-2-3-8-17(14)15/h2-11,20H,12H2,1H3,(H,28,30)(H2,27,29,31). The summed E-state index contributed by atoms with van der Waals surface area (Å²) in [6.07, 6.45) is -0.888. The van der Waals surface area contributed by atoms with Crippen LogP contribution in [-0.2, 0) is 11.2 Å². The zero-order chi connectivity index (χ0) is 22.6. The van der Waals surface area contributed by atoms with Gasteiger partial charge in [0.25, 0.3) is 0 Å². The Bertz CT molecular complexity index is 1120. The smallest absolute Gasteiger partial charge is 0.228 e. The first-order valence-electron chi connectivity index (χ1n) is 9.30. The van der Waals surface area contributed by atoms with Crippen LogP contribution in [0.3, 0.4) is 0 Å². The molecule has 0 saturated carbocycles. The summed E-state index contributed by atoms with van der Waals surface area (Å²) in [5.74, 6) is -0.298. The van der Waals surface area contributed by atoms with Crippen molar-refractivity contribution in [2.45, 2.75) is 23.3 Å². The second-order valence-electron chi connectivity index (χ2n) is 6.91. The number of alkyl halides is 3. The van der Waals surface area contributed by atoms with E-state index in [1.165, 1.54) is 0 Å². The number of anilines is 1. The fraction of sp³-hybridized carbons (Fsp3) is 0.182. The second-order valence-corrected chi connectivity index (χ2v) is 10.9. The van der Waals surface area contributed by atoms with Crippen molar-refractivity contribution in [3.05, 3.63) is 75.4 Å². The van der Waals surface area contributed by atoms with Crippen molar-refractivity contribution < 1.29 is 4.79 Å². The minimum Gasteiger partial charge on any atom is -0.339 e. The van der Waals surface area contributed by atoms with E-state index < -0.39 is 9.96 Å². The molecule has 0 radical (unpaired) electrons. The van der Waals surface area contributed by atoms with Crippen LogP contribution in [0.4, 0.5) is 5.69 Å². The second kappa shape index (κ2) is 10.5. The number of benzene rings is 3. The maximum absolute atomic E-state index is 12.8. The van der Waals surface area contributed by atoms with Crippen molar-refractivity contribution in [1.82, 2.24) is 10.6 Å². The Morgan fingerprint density at radius 3 is 2.48 bits per heavy atom. The number of nitrogens with one attached hydrogen (secondary N) is 3. The lowest BCUT2D eigenvalue weighted by molar-refractivity contribution is -0.121. The molecule has 4 nitrogen and oxygen atoms in total. The third-order valence-electron chi connectivity index (χ3n) is 4.58. The number of halogens is 4. The molecule has 9 heteroatoms. The zero-order valence-corrected chi connectivity index (χ0v) is 21.6. The van der Waals surface area contributed by atoms with Gasteiger partial charge in [-0.3, -0.25) is 4.79 Å². The van der Waals surface area contributed by atoms with Crippen LogP contribution < -0.4 is 16.0 Å². The lowest BCUT2D eigenvalue weighted by Gasteiger charge is -2.28. The van der Waals surface area contributed by atoms with E-state index in [9.17, 15) is 4.79 Å². The maximum atomic E-state index is 12.8. The highest BCUT2D eigenvalue weighted by Crippen LogP contribution is 2.29. The first-order valence-corrected chi connectivity index (χ1v) is 11.9. The SMILES string of the molecule is Cc1cc(I)ccc1NC(=S)NC(NC(=O)Cc1cccc2ccccc12)C(Cl)(Cl)Cl. The lowest BCUT2D eigenvalue weighted by Crippen LogP contribution is -2.56. The zero-order valence-electron chi connectivity index (χ0n) is 16.4. The quantitative estimate of drug-likeness (QED) is 0.142. The van der Waals surface area contributed by atoms with E-state index in [2.05, 4.69) is 38.5 Å². The molecule has 3 rings (SSSR count). The molecule has 0 aliphatic carbocycles. The predicted octanol–water partition coefficient (Wildman–Crippen LogP) is 6.09. The number of fused-ring (bicyclic) bond motifs is 1. The minimum absolute atomic E-state index is 0.136. The topological polar surface area (TPSA) is 53.2 Å². The Balaban J connectivity index is 1.69. The van der Waals surface area contributed by atoms with Crippen molar-refractivity contribution in [3.63, 3.8) is 0 Å². The largest absolute Gasteiger partial charge is 0.339 e. The minimum atomic E-state index is -1.82. The van der Waals surface area contributed by atoms with E-state index in [0.717, 1.165) is 31.2 Å². The van der Waals surface area contributed by atoms with Gasteiger partial charge in [-0.15, -0.1) is 0 Å². The van der Waals surface area contributed by atoms with Crippen LogP contribution in [0.15, 0.2) is 60.7 Å². The number of thiocarbonyl (C=S) groups is 1. The molecule has 1 amide bonds. The summed E-state index contributed by atoms with van der Waals surface area (Å²) in [5.41, 5.74) is 2.72. The van der Waals surface area contributed by atoms with Crippen molar-refractivity contribution >= 4 is 97.1 Å². The molecule has 0 fully saturated rings. The third kappa shape index (κ3) is 6.83. The van der Waals surface area contributed by atoms with Crippen LogP contribution in [0.2, 0.25) is 0 Å². The molecule has 1 atom stereocenters. The third-order valence-corrected chi connectivity index (χ3v) is 6.12. The Morgan fingerprint density at radius 2 is 1.77 bits per heavy atom. The van der Waals surface area contributed by atoms with Gasteiger partial charge in [-0.05, 0) is 81.8 Å². The summed E-state index contributed by atoms with van der Waals surface area (Å²) in [7, 11) is 0. The van der Waals surface area contributed by atoms with Gasteiger partial charge in [0.1, 0.15) is 6.17 Å². The Kier molecular flexibility index (Phi) is 8.26. The van der Waals surface area contributed by atoms with Crippen molar-refractivity contribution in [2.24, 2.45) is 0 Å². The van der Waals surface area contributed by atoms with Gasteiger partial charge in [0.2, 0.25) is 9.70 Å². The number of aryl methyl sites for hydroxylation is 1. The number of hydrogen-bond acceptors (Lipinski definition) is 2. The molecule has 0 aliphatic rings. The Labute approximate surface area is 215 Å². The van der Waals surface area contributed by atoms with Crippen LogP contribution in [-0.4, -0.2) is 21.0 Å². The van der Waals surface area contributed by atoms with Gasteiger partial charge < -0.3 is 16.0 Å². The summed E-state index contributed by atoms with van der Waals surface area (Å²) in [4.78, 5) is 12.8. The van der Waals surface area contributed by atoms with Gasteiger partial charge in [0.05, 0.1) is 6.42 Å². The molecule has 3 N–H and O–H groups in total. The highest BCUT2D eigenvalue weighted by molar-refractivity contribution is 14.1. The van der Waals surface area contributed by atoms with Crippen LogP contribution in [0.5, 0.6) is 0 Å². The maximum Gasteiger partial charge on any atom is 0.228 e. The molecule has 3 aromatic carbocycles. The molecular formula is C22H19Cl3IN3OS. The summed E-state index contributed by atoms with van der Waals surface area (Å²) >= 11 is 25.9. The molecular weight excluding hydrogens is 588 g/mol. The fourth-order valence-electron chi connectivity index (χ4n) is 3.09. The Morgan fingerprint density at radius 1 is 1.06 bits per heavy atom. The lowest BCUT2D eigenvalue weighted by atomic mass is 10.0. The number of carbonyl (C=O) groups is 1. The molecule has 31 heavy (non-hydrogen) atoms. The van der Waals surface area contributed by atoms with Crippen LogP contribution >= 0.6 is 69.6 Å². The normalized spacial score (nSPS) is 12.3. The van der Waals surface area contributed by atoms with Crippen molar-refractivity contribution in [3.8, 4) is 0 Å². The molecule has 0 saturated heterocycles. The van der Waals surface area contributed by atoms with E-state index >= 15 is 0 Å². The van der Waals surface area contributed by atoms with Crippen LogP contribution in [0, 0.1) is 10.5 Å². The van der Waals surface area contributed by atoms with E-state index in [0.29, 0.717) is 0 Å². The molecule has 0 bridgehead atoms. The van der Waals surface area contributed by atoms with Crippen molar-refractivity contribution in [1.29, 1.82) is 0 Å². The molecule has 0 spiro atoms. The number of amides is 1. The average Bonchev–Trinajstić information content (AvgIpc) is 2.69. The molecule has 1 unspecified atom stereocenters. The highest BCUT2D eigenvalue weighted by atomic mass is 127. The predicted molar refractivity (Wildman–Crippen MR) is 143 cm³/mol. The molecule has 0 aliphatic heterocycles. The summed E-state index contributed by atoms with van der Waals surface area (Å²) < 4.78 is -0.708. The summed E-state index contributed by atoms with van der Waals surface area (Å²) in [6.45, 7) is 1.96. The van der Waals surface area contributed by atoms with E-state index in [-0.39, 0.29) is 17.4 Å². The van der Waals surface area contributed by atoms with Gasteiger partial charge in [-0.2, -0.15) is 0 Å². The number of rotatable bonds is 5. The van der Waals surface area contributed by atoms with Crippen molar-refractivity contribution in [2.75, 3.05) is 5.32 Å². The fourth-order valence-corrected chi connectivity index (χ4v) is 4.29. The van der Waals surface area contributed by atoms with Crippen LogP contribution in [0.25, 0.3) is 10.8 Å². The van der Waals surface area contributed by atoms with Gasteiger partial charge >= 0.3 is 0 Å². The summed E-state index contributed by atoms with van der Waals surface area (Å²) in [5, 5.41) is 11.0. The monoisotopic (exact) mass is 605 g/mol. The number of hydrogen-bond donors (Lipinski definition) is 3. The Hall–Kier alpha value is -1.32. The van der Waals surface area contributed by atoms with E-state index in [1.54, 1.807) is 0 Å².